The van der Waals surface area contributed by atoms with Crippen molar-refractivity contribution in [3.05, 3.63) is 24.4 Å². The lowest BCUT2D eigenvalue weighted by Crippen LogP contribution is -2.15. The molecule has 2 heterocycles. The molecule has 0 radical (unpaired) electrons. The van der Waals surface area contributed by atoms with Crippen LogP contribution >= 0.6 is 0 Å². The summed E-state index contributed by atoms with van der Waals surface area (Å²) in [6, 6.07) is 2.59. The number of rotatable bonds is 4. The third-order valence-corrected chi connectivity index (χ3v) is 2.75. The zero-order valence-electron chi connectivity index (χ0n) is 9.18. The molecule has 84 valence electrons. The molecule has 0 atom stereocenters. The first-order chi connectivity index (χ1) is 7.83. The molecule has 1 aliphatic carbocycles. The van der Waals surface area contributed by atoms with Crippen LogP contribution in [0.3, 0.4) is 0 Å². The number of aryl methyl sites for hydroxylation is 1. The summed E-state index contributed by atoms with van der Waals surface area (Å²) in [5.41, 5.74) is 0.949. The zero-order valence-corrected chi connectivity index (χ0v) is 9.18. The molecule has 5 heteroatoms. The summed E-state index contributed by atoms with van der Waals surface area (Å²) < 4.78 is 7.43. The van der Waals surface area contributed by atoms with Gasteiger partial charge in [0.1, 0.15) is 5.69 Å². The molecule has 0 amide bonds. The highest BCUT2D eigenvalue weighted by molar-refractivity contribution is 5.50. The van der Waals surface area contributed by atoms with E-state index >= 15 is 0 Å². The van der Waals surface area contributed by atoms with Gasteiger partial charge in [-0.2, -0.15) is 5.10 Å². The standard InChI is InChI=1S/C11H14N4O/c1-15-9(4-5-14-15)10-6-13-11(16-10)7-12-8-2-3-8/h4-6,8,12H,2-3,7H2,1H3. The molecule has 0 saturated heterocycles. The van der Waals surface area contributed by atoms with E-state index in [1.54, 1.807) is 17.1 Å². The van der Waals surface area contributed by atoms with E-state index in [1.165, 1.54) is 12.8 Å². The van der Waals surface area contributed by atoms with E-state index in [0.29, 0.717) is 12.6 Å². The maximum Gasteiger partial charge on any atom is 0.208 e. The Hall–Kier alpha value is -1.62. The van der Waals surface area contributed by atoms with Crippen molar-refractivity contribution in [1.82, 2.24) is 20.1 Å². The molecule has 2 aromatic rings. The topological polar surface area (TPSA) is 55.9 Å². The van der Waals surface area contributed by atoms with Gasteiger partial charge in [0.15, 0.2) is 5.76 Å². The summed E-state index contributed by atoms with van der Waals surface area (Å²) in [6.07, 6.45) is 6.05. The maximum absolute atomic E-state index is 5.65. The summed E-state index contributed by atoms with van der Waals surface area (Å²) in [6.45, 7) is 0.711. The quantitative estimate of drug-likeness (QED) is 0.841. The van der Waals surface area contributed by atoms with E-state index in [-0.39, 0.29) is 0 Å². The van der Waals surface area contributed by atoms with Crippen molar-refractivity contribution in [3.63, 3.8) is 0 Å². The Labute approximate surface area is 93.5 Å². The molecule has 1 aliphatic rings. The molecular weight excluding hydrogens is 204 g/mol. The van der Waals surface area contributed by atoms with Crippen LogP contribution in [0.4, 0.5) is 0 Å². The summed E-state index contributed by atoms with van der Waals surface area (Å²) in [4.78, 5) is 4.24. The van der Waals surface area contributed by atoms with E-state index in [4.69, 9.17) is 4.42 Å². The van der Waals surface area contributed by atoms with Gasteiger partial charge < -0.3 is 9.73 Å². The average molecular weight is 218 g/mol. The Morgan fingerprint density at radius 2 is 2.44 bits per heavy atom. The molecule has 0 bridgehead atoms. The van der Waals surface area contributed by atoms with Crippen molar-refractivity contribution < 1.29 is 4.42 Å². The molecule has 3 rings (SSSR count). The molecule has 5 nitrogen and oxygen atoms in total. The molecule has 1 saturated carbocycles. The van der Waals surface area contributed by atoms with Crippen molar-refractivity contribution in [1.29, 1.82) is 0 Å². The van der Waals surface area contributed by atoms with Gasteiger partial charge >= 0.3 is 0 Å². The van der Waals surface area contributed by atoms with E-state index in [9.17, 15) is 0 Å². The van der Waals surface area contributed by atoms with Crippen molar-refractivity contribution in [2.24, 2.45) is 7.05 Å². The van der Waals surface area contributed by atoms with Crippen LogP contribution in [-0.2, 0) is 13.6 Å². The predicted molar refractivity (Wildman–Crippen MR) is 58.6 cm³/mol. The summed E-state index contributed by atoms with van der Waals surface area (Å²) in [7, 11) is 1.89. The van der Waals surface area contributed by atoms with Crippen LogP contribution < -0.4 is 5.32 Å². The molecule has 2 aromatic heterocycles. The predicted octanol–water partition coefficient (Wildman–Crippen LogP) is 1.33. The molecule has 1 fully saturated rings. The third kappa shape index (κ3) is 1.86. The SMILES string of the molecule is Cn1nccc1-c1cnc(CNC2CC2)o1. The van der Waals surface area contributed by atoms with Crippen LogP contribution in [-0.4, -0.2) is 20.8 Å². The largest absolute Gasteiger partial charge is 0.438 e. The third-order valence-electron chi connectivity index (χ3n) is 2.75. The second-order valence-corrected chi connectivity index (χ2v) is 4.11. The lowest BCUT2D eigenvalue weighted by Gasteiger charge is -1.98. The first-order valence-corrected chi connectivity index (χ1v) is 5.49. The highest BCUT2D eigenvalue weighted by Crippen LogP contribution is 2.21. The van der Waals surface area contributed by atoms with Gasteiger partial charge in [0, 0.05) is 19.3 Å². The monoisotopic (exact) mass is 218 g/mol. The normalized spacial score (nSPS) is 15.6. The van der Waals surface area contributed by atoms with Crippen molar-refractivity contribution in [3.8, 4) is 11.5 Å². The van der Waals surface area contributed by atoms with Crippen LogP contribution in [0.5, 0.6) is 0 Å². The Morgan fingerprint density at radius 1 is 1.56 bits per heavy atom. The lowest BCUT2D eigenvalue weighted by atomic mass is 10.3. The summed E-state index contributed by atoms with van der Waals surface area (Å²) in [5.74, 6) is 1.51. The molecule has 16 heavy (non-hydrogen) atoms. The zero-order chi connectivity index (χ0) is 11.0. The van der Waals surface area contributed by atoms with E-state index < -0.39 is 0 Å². The Bertz CT molecular complexity index is 484. The van der Waals surface area contributed by atoms with E-state index in [0.717, 1.165) is 17.3 Å². The molecule has 0 aliphatic heterocycles. The second kappa shape index (κ2) is 3.75. The molecule has 0 spiro atoms. The Morgan fingerprint density at radius 3 is 3.12 bits per heavy atom. The van der Waals surface area contributed by atoms with Crippen LogP contribution in [0.1, 0.15) is 18.7 Å². The smallest absolute Gasteiger partial charge is 0.208 e. The highest BCUT2D eigenvalue weighted by atomic mass is 16.4. The fourth-order valence-electron chi connectivity index (χ4n) is 1.65. The van der Waals surface area contributed by atoms with Crippen LogP contribution in [0, 0.1) is 0 Å². The van der Waals surface area contributed by atoms with E-state index in [2.05, 4.69) is 15.4 Å². The minimum Gasteiger partial charge on any atom is -0.438 e. The minimum atomic E-state index is 0.673. The van der Waals surface area contributed by atoms with Crippen LogP contribution in [0.15, 0.2) is 22.9 Å². The molecular formula is C11H14N4O. The van der Waals surface area contributed by atoms with Crippen molar-refractivity contribution >= 4 is 0 Å². The number of oxazole rings is 1. The van der Waals surface area contributed by atoms with Gasteiger partial charge in [-0.1, -0.05) is 0 Å². The van der Waals surface area contributed by atoms with Crippen molar-refractivity contribution in [2.75, 3.05) is 0 Å². The van der Waals surface area contributed by atoms with Gasteiger partial charge in [0.2, 0.25) is 5.89 Å². The number of aromatic nitrogens is 3. The fourth-order valence-corrected chi connectivity index (χ4v) is 1.65. The molecule has 0 unspecified atom stereocenters. The number of nitrogens with zero attached hydrogens (tertiary/aromatic N) is 3. The van der Waals surface area contributed by atoms with Crippen LogP contribution in [0.2, 0.25) is 0 Å². The van der Waals surface area contributed by atoms with Crippen LogP contribution in [0.25, 0.3) is 11.5 Å². The first kappa shape index (κ1) is 9.59. The molecule has 0 aromatic carbocycles. The van der Waals surface area contributed by atoms with Gasteiger partial charge in [-0.15, -0.1) is 0 Å². The average Bonchev–Trinajstić information content (AvgIpc) is 2.82. The van der Waals surface area contributed by atoms with Gasteiger partial charge in [0.05, 0.1) is 12.7 Å². The Balaban J connectivity index is 1.74. The first-order valence-electron chi connectivity index (χ1n) is 5.49. The maximum atomic E-state index is 5.65. The van der Waals surface area contributed by atoms with Gasteiger partial charge in [-0.05, 0) is 18.9 Å². The second-order valence-electron chi connectivity index (χ2n) is 4.11. The number of hydrogen-bond acceptors (Lipinski definition) is 4. The minimum absolute atomic E-state index is 0.673. The summed E-state index contributed by atoms with van der Waals surface area (Å²) >= 11 is 0. The number of nitrogens with one attached hydrogen (secondary N) is 1. The van der Waals surface area contributed by atoms with Gasteiger partial charge in [-0.25, -0.2) is 4.98 Å². The lowest BCUT2D eigenvalue weighted by molar-refractivity contribution is 0.473. The van der Waals surface area contributed by atoms with Crippen molar-refractivity contribution in [2.45, 2.75) is 25.4 Å². The molecule has 1 N–H and O–H groups in total. The summed E-state index contributed by atoms with van der Waals surface area (Å²) in [5, 5.41) is 7.47. The highest BCUT2D eigenvalue weighted by Gasteiger charge is 2.21. The fraction of sp³-hybridized carbons (Fsp3) is 0.455. The number of hydrogen-bond donors (Lipinski definition) is 1. The van der Waals surface area contributed by atoms with Gasteiger partial charge in [-0.3, -0.25) is 4.68 Å². The van der Waals surface area contributed by atoms with Gasteiger partial charge in [0.25, 0.3) is 0 Å². The van der Waals surface area contributed by atoms with E-state index in [1.807, 2.05) is 13.1 Å². The Kier molecular flexibility index (Phi) is 2.25.